The molecule has 3 nitrogen and oxygen atoms in total. The number of hydrogen-bond acceptors (Lipinski definition) is 3. The van der Waals surface area contributed by atoms with Gasteiger partial charge in [-0.05, 0) is 51.9 Å². The van der Waals surface area contributed by atoms with Crippen LogP contribution in [0.3, 0.4) is 0 Å². The minimum absolute atomic E-state index is 0.277. The van der Waals surface area contributed by atoms with Crippen LogP contribution in [0.2, 0.25) is 0 Å². The summed E-state index contributed by atoms with van der Waals surface area (Å²) in [5.74, 6) is 1.30. The topological polar surface area (TPSA) is 38.3 Å². The molecule has 2 bridgehead atoms. The first kappa shape index (κ1) is 12.1. The average Bonchev–Trinajstić information content (AvgIpc) is 2.58. The Hall–Kier alpha value is -0.380. The second kappa shape index (κ2) is 4.13. The van der Waals surface area contributed by atoms with Gasteiger partial charge in [0.05, 0.1) is 0 Å². The standard InChI is InChI=1S/C12H21NO2S/c1-12(2,3)15-11(14)13-9-5-8-4-7(9)6-10(8)16/h7-10,16H,4-6H2,1-3H3,(H,13,14). The van der Waals surface area contributed by atoms with E-state index in [9.17, 15) is 4.79 Å². The average molecular weight is 243 g/mol. The Kier molecular flexibility index (Phi) is 3.12. The molecule has 16 heavy (non-hydrogen) atoms. The maximum Gasteiger partial charge on any atom is 0.407 e. The minimum atomic E-state index is -0.409. The van der Waals surface area contributed by atoms with Gasteiger partial charge in [0, 0.05) is 11.3 Å². The second-order valence-electron chi connectivity index (χ2n) is 6.05. The normalized spacial score (nSPS) is 37.5. The molecule has 0 radical (unpaired) electrons. The Bertz CT molecular complexity index is 285. The third kappa shape index (κ3) is 2.65. The first-order valence-corrected chi connectivity index (χ1v) is 6.54. The highest BCUT2D eigenvalue weighted by Gasteiger charge is 2.45. The van der Waals surface area contributed by atoms with Gasteiger partial charge < -0.3 is 10.1 Å². The number of carbonyl (C=O) groups is 1. The van der Waals surface area contributed by atoms with Crippen molar-refractivity contribution in [1.29, 1.82) is 0 Å². The van der Waals surface area contributed by atoms with Gasteiger partial charge in [-0.2, -0.15) is 12.6 Å². The smallest absolute Gasteiger partial charge is 0.407 e. The van der Waals surface area contributed by atoms with E-state index in [1.165, 1.54) is 6.42 Å². The van der Waals surface area contributed by atoms with Crippen molar-refractivity contribution in [3.05, 3.63) is 0 Å². The fourth-order valence-electron chi connectivity index (χ4n) is 2.88. The van der Waals surface area contributed by atoms with Crippen LogP contribution in [0.1, 0.15) is 40.0 Å². The number of thiol groups is 1. The lowest BCUT2D eigenvalue weighted by Gasteiger charge is -2.27. The van der Waals surface area contributed by atoms with E-state index in [0.717, 1.165) is 12.8 Å². The van der Waals surface area contributed by atoms with Gasteiger partial charge in [0.2, 0.25) is 0 Å². The summed E-state index contributed by atoms with van der Waals surface area (Å²) in [4.78, 5) is 11.6. The van der Waals surface area contributed by atoms with Gasteiger partial charge in [-0.3, -0.25) is 0 Å². The van der Waals surface area contributed by atoms with Crippen molar-refractivity contribution < 1.29 is 9.53 Å². The lowest BCUT2D eigenvalue weighted by Crippen LogP contribution is -2.42. The molecule has 92 valence electrons. The zero-order valence-corrected chi connectivity index (χ0v) is 11.1. The highest BCUT2D eigenvalue weighted by atomic mass is 32.1. The molecule has 0 heterocycles. The van der Waals surface area contributed by atoms with Crippen LogP contribution in [-0.4, -0.2) is 23.0 Å². The molecule has 4 atom stereocenters. The number of nitrogens with one attached hydrogen (secondary N) is 1. The fraction of sp³-hybridized carbons (Fsp3) is 0.917. The SMILES string of the molecule is CC(C)(C)OC(=O)NC1CC2CC1CC2S. The maximum atomic E-state index is 11.6. The van der Waals surface area contributed by atoms with E-state index in [-0.39, 0.29) is 6.09 Å². The van der Waals surface area contributed by atoms with Crippen LogP contribution < -0.4 is 5.32 Å². The molecule has 2 fully saturated rings. The van der Waals surface area contributed by atoms with E-state index in [4.69, 9.17) is 4.74 Å². The third-order valence-corrected chi connectivity index (χ3v) is 4.15. The van der Waals surface area contributed by atoms with Crippen LogP contribution in [0.25, 0.3) is 0 Å². The van der Waals surface area contributed by atoms with Crippen molar-refractivity contribution in [3.63, 3.8) is 0 Å². The van der Waals surface area contributed by atoms with Gasteiger partial charge >= 0.3 is 6.09 Å². The largest absolute Gasteiger partial charge is 0.444 e. The lowest BCUT2D eigenvalue weighted by atomic mass is 9.95. The number of carbonyl (C=O) groups excluding carboxylic acids is 1. The number of rotatable bonds is 1. The van der Waals surface area contributed by atoms with E-state index < -0.39 is 5.60 Å². The van der Waals surface area contributed by atoms with Crippen LogP contribution in [0.5, 0.6) is 0 Å². The maximum absolute atomic E-state index is 11.6. The molecule has 1 N–H and O–H groups in total. The van der Waals surface area contributed by atoms with Crippen LogP contribution in [0.15, 0.2) is 0 Å². The molecule has 2 aliphatic carbocycles. The van der Waals surface area contributed by atoms with Gasteiger partial charge in [0.25, 0.3) is 0 Å². The molecule has 2 rings (SSSR count). The number of fused-ring (bicyclic) bond motifs is 2. The Morgan fingerprint density at radius 2 is 1.94 bits per heavy atom. The van der Waals surface area contributed by atoms with Crippen LogP contribution in [-0.2, 0) is 4.74 Å². The van der Waals surface area contributed by atoms with Crippen molar-refractivity contribution >= 4 is 18.7 Å². The Morgan fingerprint density at radius 3 is 2.38 bits per heavy atom. The molecule has 2 saturated carbocycles. The zero-order valence-electron chi connectivity index (χ0n) is 10.2. The molecular formula is C12H21NO2S. The first-order chi connectivity index (χ1) is 7.35. The Labute approximate surface area is 103 Å². The molecule has 4 heteroatoms. The monoisotopic (exact) mass is 243 g/mol. The van der Waals surface area contributed by atoms with E-state index in [1.54, 1.807) is 0 Å². The van der Waals surface area contributed by atoms with Crippen molar-refractivity contribution in [1.82, 2.24) is 5.32 Å². The molecule has 0 aliphatic heterocycles. The van der Waals surface area contributed by atoms with Crippen LogP contribution >= 0.6 is 12.6 Å². The lowest BCUT2D eigenvalue weighted by molar-refractivity contribution is 0.0488. The predicted molar refractivity (Wildman–Crippen MR) is 66.8 cm³/mol. The molecule has 4 unspecified atom stereocenters. The van der Waals surface area contributed by atoms with Crippen molar-refractivity contribution in [2.75, 3.05) is 0 Å². The molecule has 0 aromatic rings. The number of hydrogen-bond donors (Lipinski definition) is 2. The summed E-state index contributed by atoms with van der Waals surface area (Å²) in [5, 5.41) is 3.54. The molecule has 0 saturated heterocycles. The highest BCUT2D eigenvalue weighted by molar-refractivity contribution is 7.81. The number of ether oxygens (including phenoxy) is 1. The van der Waals surface area contributed by atoms with E-state index >= 15 is 0 Å². The van der Waals surface area contributed by atoms with Gasteiger partial charge in [-0.25, -0.2) is 4.79 Å². The third-order valence-electron chi connectivity index (χ3n) is 3.52. The van der Waals surface area contributed by atoms with Crippen molar-refractivity contribution in [2.45, 2.75) is 56.9 Å². The zero-order chi connectivity index (χ0) is 11.9. The summed E-state index contributed by atoms with van der Waals surface area (Å²) in [6.07, 6.45) is 3.14. The number of alkyl carbamates (subject to hydrolysis) is 1. The molecule has 0 aromatic heterocycles. The van der Waals surface area contributed by atoms with Gasteiger partial charge in [0.15, 0.2) is 0 Å². The van der Waals surface area contributed by atoms with Gasteiger partial charge in [0.1, 0.15) is 5.60 Å². The Balaban J connectivity index is 1.82. The predicted octanol–water partition coefficient (Wildman–Crippen LogP) is 2.61. The summed E-state index contributed by atoms with van der Waals surface area (Å²) in [6.45, 7) is 5.66. The molecule has 1 amide bonds. The molecule has 2 aliphatic rings. The summed E-state index contributed by atoms with van der Waals surface area (Å²) in [7, 11) is 0. The Morgan fingerprint density at radius 1 is 1.25 bits per heavy atom. The summed E-state index contributed by atoms with van der Waals surface area (Å²) in [6, 6.07) is 0.309. The summed E-state index contributed by atoms with van der Waals surface area (Å²) >= 11 is 4.55. The minimum Gasteiger partial charge on any atom is -0.444 e. The number of amides is 1. The van der Waals surface area contributed by atoms with Crippen molar-refractivity contribution in [2.24, 2.45) is 11.8 Å². The van der Waals surface area contributed by atoms with Crippen LogP contribution in [0.4, 0.5) is 4.79 Å². The van der Waals surface area contributed by atoms with E-state index in [2.05, 4.69) is 17.9 Å². The first-order valence-electron chi connectivity index (χ1n) is 6.03. The fourth-order valence-corrected chi connectivity index (χ4v) is 3.40. The van der Waals surface area contributed by atoms with Gasteiger partial charge in [-0.1, -0.05) is 0 Å². The van der Waals surface area contributed by atoms with E-state index in [1.807, 2.05) is 20.8 Å². The van der Waals surface area contributed by atoms with Gasteiger partial charge in [-0.15, -0.1) is 0 Å². The molecule has 0 aromatic carbocycles. The second-order valence-corrected chi connectivity index (χ2v) is 6.71. The van der Waals surface area contributed by atoms with Crippen molar-refractivity contribution in [3.8, 4) is 0 Å². The highest BCUT2D eigenvalue weighted by Crippen LogP contribution is 2.47. The summed E-state index contributed by atoms with van der Waals surface area (Å²) in [5.41, 5.74) is -0.409. The summed E-state index contributed by atoms with van der Waals surface area (Å²) < 4.78 is 5.26. The quantitative estimate of drug-likeness (QED) is 0.695. The molecular weight excluding hydrogens is 222 g/mol. The molecule has 0 spiro atoms. The van der Waals surface area contributed by atoms with Crippen LogP contribution in [0, 0.1) is 11.8 Å². The van der Waals surface area contributed by atoms with E-state index in [0.29, 0.717) is 23.1 Å².